The lowest BCUT2D eigenvalue weighted by Crippen LogP contribution is -2.04. The molecule has 0 unspecified atom stereocenters. The van der Waals surface area contributed by atoms with Crippen LogP contribution in [0.1, 0.15) is 5.69 Å². The number of aromatic nitrogens is 1. The molecule has 1 rings (SSSR count). The first kappa shape index (κ1) is 9.85. The molecule has 0 aromatic carbocycles. The Hall–Kier alpha value is -1.24. The van der Waals surface area contributed by atoms with Gasteiger partial charge in [0.2, 0.25) is 0 Å². The second kappa shape index (κ2) is 4.70. The minimum atomic E-state index is 0.406. The van der Waals surface area contributed by atoms with Crippen molar-refractivity contribution in [3.05, 3.63) is 23.0 Å². The molecule has 4 heteroatoms. The molecule has 1 aromatic rings. The van der Waals surface area contributed by atoms with Crippen molar-refractivity contribution in [2.45, 2.75) is 0 Å². The highest BCUT2D eigenvalue weighted by atomic mass is 35.5. The Kier molecular flexibility index (Phi) is 3.56. The quantitative estimate of drug-likeness (QED) is 0.517. The van der Waals surface area contributed by atoms with Gasteiger partial charge in [-0.1, -0.05) is 17.5 Å². The van der Waals surface area contributed by atoms with Crippen LogP contribution in [0, 0.1) is 11.8 Å². The molecule has 0 bridgehead atoms. The maximum absolute atomic E-state index is 5.68. The van der Waals surface area contributed by atoms with E-state index in [4.69, 9.17) is 17.3 Å². The van der Waals surface area contributed by atoms with Gasteiger partial charge >= 0.3 is 0 Å². The molecule has 68 valence electrons. The first-order valence-electron chi connectivity index (χ1n) is 3.79. The van der Waals surface area contributed by atoms with Crippen LogP contribution < -0.4 is 11.1 Å². The first-order chi connectivity index (χ1) is 6.24. The molecule has 0 spiro atoms. The molecule has 0 aliphatic rings. The minimum Gasteiger partial charge on any atom is -0.396 e. The average Bonchev–Trinajstić information content (AvgIpc) is 2.11. The molecule has 0 amide bonds. The van der Waals surface area contributed by atoms with E-state index in [1.807, 2.05) is 7.05 Å². The van der Waals surface area contributed by atoms with Crippen LogP contribution in [0.25, 0.3) is 0 Å². The van der Waals surface area contributed by atoms with Crippen LogP contribution in [0.5, 0.6) is 0 Å². The van der Waals surface area contributed by atoms with Gasteiger partial charge in [0, 0.05) is 0 Å². The monoisotopic (exact) mass is 195 g/mol. The van der Waals surface area contributed by atoms with Crippen molar-refractivity contribution in [1.29, 1.82) is 0 Å². The average molecular weight is 196 g/mol. The summed E-state index contributed by atoms with van der Waals surface area (Å²) in [6.45, 7) is 0.605. The molecule has 0 atom stereocenters. The zero-order valence-electron chi connectivity index (χ0n) is 7.26. The van der Waals surface area contributed by atoms with Crippen molar-refractivity contribution < 1.29 is 0 Å². The molecule has 0 saturated heterocycles. The predicted octanol–water partition coefficient (Wildman–Crippen LogP) is 0.888. The Morgan fingerprint density at radius 2 is 2.38 bits per heavy atom. The smallest absolute Gasteiger partial charge is 0.137 e. The highest BCUT2D eigenvalue weighted by Gasteiger charge is 1.96. The van der Waals surface area contributed by atoms with Gasteiger partial charge in [-0.05, 0) is 25.1 Å². The van der Waals surface area contributed by atoms with E-state index >= 15 is 0 Å². The Bertz CT molecular complexity index is 352. The zero-order chi connectivity index (χ0) is 9.68. The zero-order valence-corrected chi connectivity index (χ0v) is 8.02. The molecule has 0 saturated carbocycles. The molecule has 1 aromatic heterocycles. The van der Waals surface area contributed by atoms with Gasteiger partial charge in [-0.2, -0.15) is 0 Å². The van der Waals surface area contributed by atoms with Crippen molar-refractivity contribution in [1.82, 2.24) is 10.3 Å². The summed E-state index contributed by atoms with van der Waals surface area (Å²) < 4.78 is 0. The van der Waals surface area contributed by atoms with Crippen LogP contribution in [-0.4, -0.2) is 18.6 Å². The molecule has 13 heavy (non-hydrogen) atoms. The van der Waals surface area contributed by atoms with E-state index in [0.717, 1.165) is 0 Å². The number of hydrogen-bond acceptors (Lipinski definition) is 3. The highest BCUT2D eigenvalue weighted by Crippen LogP contribution is 2.11. The second-order valence-electron chi connectivity index (χ2n) is 2.40. The Labute approximate surface area is 82.3 Å². The van der Waals surface area contributed by atoms with Crippen LogP contribution in [0.4, 0.5) is 5.69 Å². The third-order valence-corrected chi connectivity index (χ3v) is 1.57. The number of hydrogen-bond donors (Lipinski definition) is 2. The number of pyridine rings is 1. The van der Waals surface area contributed by atoms with Crippen LogP contribution >= 0.6 is 11.6 Å². The van der Waals surface area contributed by atoms with E-state index in [1.54, 1.807) is 12.1 Å². The van der Waals surface area contributed by atoms with Crippen molar-refractivity contribution >= 4 is 17.3 Å². The fourth-order valence-electron chi connectivity index (χ4n) is 0.763. The summed E-state index contributed by atoms with van der Waals surface area (Å²) in [6, 6.07) is 3.33. The van der Waals surface area contributed by atoms with E-state index in [-0.39, 0.29) is 0 Å². The summed E-state index contributed by atoms with van der Waals surface area (Å²) in [5.74, 6) is 5.68. The number of nitrogens with two attached hydrogens (primary N) is 1. The lowest BCUT2D eigenvalue weighted by atomic mass is 10.3. The summed E-state index contributed by atoms with van der Waals surface area (Å²) in [5, 5.41) is 3.30. The SMILES string of the molecule is CNCC#Cc1nc(Cl)ccc1N. The van der Waals surface area contributed by atoms with E-state index in [1.165, 1.54) is 0 Å². The van der Waals surface area contributed by atoms with Crippen molar-refractivity contribution in [3.63, 3.8) is 0 Å². The number of rotatable bonds is 1. The van der Waals surface area contributed by atoms with Gasteiger partial charge in [-0.25, -0.2) is 4.98 Å². The molecular formula is C9H10ClN3. The van der Waals surface area contributed by atoms with Gasteiger partial charge in [-0.15, -0.1) is 0 Å². The van der Waals surface area contributed by atoms with Crippen LogP contribution in [0.15, 0.2) is 12.1 Å². The van der Waals surface area contributed by atoms with Gasteiger partial charge in [0.15, 0.2) is 0 Å². The number of nitrogen functional groups attached to an aromatic ring is 1. The van der Waals surface area contributed by atoms with Crippen molar-refractivity contribution in [2.24, 2.45) is 0 Å². The number of nitrogens with one attached hydrogen (secondary N) is 1. The van der Waals surface area contributed by atoms with E-state index in [9.17, 15) is 0 Å². The molecule has 0 radical (unpaired) electrons. The van der Waals surface area contributed by atoms with Crippen molar-refractivity contribution in [2.75, 3.05) is 19.3 Å². The van der Waals surface area contributed by atoms with E-state index in [0.29, 0.717) is 23.1 Å². The molecular weight excluding hydrogens is 186 g/mol. The summed E-state index contributed by atoms with van der Waals surface area (Å²) in [7, 11) is 1.82. The van der Waals surface area contributed by atoms with Crippen LogP contribution in [-0.2, 0) is 0 Å². The molecule has 1 heterocycles. The topological polar surface area (TPSA) is 50.9 Å². The lowest BCUT2D eigenvalue weighted by molar-refractivity contribution is 0.938. The maximum Gasteiger partial charge on any atom is 0.137 e. The second-order valence-corrected chi connectivity index (χ2v) is 2.79. The molecule has 3 N–H and O–H groups in total. The standard InChI is InChI=1S/C9H10ClN3/c1-12-6-2-3-8-7(11)4-5-9(10)13-8/h4-5,12H,6,11H2,1H3. The number of anilines is 1. The van der Waals surface area contributed by atoms with Gasteiger partial charge in [0.1, 0.15) is 10.8 Å². The highest BCUT2D eigenvalue weighted by molar-refractivity contribution is 6.29. The maximum atomic E-state index is 5.68. The Balaban J connectivity index is 2.89. The minimum absolute atomic E-state index is 0.406. The fraction of sp³-hybridized carbons (Fsp3) is 0.222. The summed E-state index contributed by atoms with van der Waals surface area (Å²) in [4.78, 5) is 3.98. The van der Waals surface area contributed by atoms with Crippen LogP contribution in [0.2, 0.25) is 5.15 Å². The third-order valence-electron chi connectivity index (χ3n) is 1.36. The largest absolute Gasteiger partial charge is 0.396 e. The summed E-state index contributed by atoms with van der Waals surface area (Å²) >= 11 is 5.68. The normalized spacial score (nSPS) is 9.08. The summed E-state index contributed by atoms with van der Waals surface area (Å²) in [6.07, 6.45) is 0. The molecule has 3 nitrogen and oxygen atoms in total. The molecule has 0 aliphatic carbocycles. The molecule has 0 fully saturated rings. The Morgan fingerprint density at radius 3 is 3.08 bits per heavy atom. The first-order valence-corrected chi connectivity index (χ1v) is 4.17. The summed E-state index contributed by atoms with van der Waals surface area (Å²) in [5.41, 5.74) is 6.71. The number of nitrogens with zero attached hydrogens (tertiary/aromatic N) is 1. The van der Waals surface area contributed by atoms with E-state index < -0.39 is 0 Å². The third kappa shape index (κ3) is 2.94. The van der Waals surface area contributed by atoms with Gasteiger partial charge in [0.05, 0.1) is 12.2 Å². The van der Waals surface area contributed by atoms with Crippen molar-refractivity contribution in [3.8, 4) is 11.8 Å². The number of halogens is 1. The van der Waals surface area contributed by atoms with Crippen LogP contribution in [0.3, 0.4) is 0 Å². The predicted molar refractivity (Wildman–Crippen MR) is 54.5 cm³/mol. The Morgan fingerprint density at radius 1 is 1.62 bits per heavy atom. The molecule has 0 aliphatic heterocycles. The fourth-order valence-corrected chi connectivity index (χ4v) is 0.910. The van der Waals surface area contributed by atoms with Gasteiger partial charge in [0.25, 0.3) is 0 Å². The lowest BCUT2D eigenvalue weighted by Gasteiger charge is -1.96. The van der Waals surface area contributed by atoms with Gasteiger partial charge < -0.3 is 11.1 Å². The van der Waals surface area contributed by atoms with Gasteiger partial charge in [-0.3, -0.25) is 0 Å². The van der Waals surface area contributed by atoms with E-state index in [2.05, 4.69) is 22.1 Å².